The van der Waals surface area contributed by atoms with E-state index >= 15 is 0 Å². The first-order valence-corrected chi connectivity index (χ1v) is 4.06. The SMILES string of the molecule is NC(=O)c1ccncn1.c1cncnc1. The first-order chi connectivity index (χ1) is 7.30. The lowest BCUT2D eigenvalue weighted by Crippen LogP contribution is -2.12. The third-order valence-corrected chi connectivity index (χ3v) is 1.31. The number of aromatic nitrogens is 4. The molecule has 2 aromatic heterocycles. The van der Waals surface area contributed by atoms with E-state index in [4.69, 9.17) is 5.73 Å². The number of hydrogen-bond donors (Lipinski definition) is 1. The minimum Gasteiger partial charge on any atom is -0.364 e. The normalized spacial score (nSPS) is 8.53. The topological polar surface area (TPSA) is 94.7 Å². The lowest BCUT2D eigenvalue weighted by molar-refractivity contribution is 0.0995. The molecule has 0 fully saturated rings. The minimum atomic E-state index is -0.530. The van der Waals surface area contributed by atoms with Crippen LogP contribution in [0.3, 0.4) is 0 Å². The number of primary amides is 1. The number of hydrogen-bond acceptors (Lipinski definition) is 5. The molecule has 6 nitrogen and oxygen atoms in total. The highest BCUT2D eigenvalue weighted by atomic mass is 16.1. The Hall–Kier alpha value is -2.37. The molecule has 0 aliphatic heterocycles. The van der Waals surface area contributed by atoms with Gasteiger partial charge >= 0.3 is 0 Å². The molecule has 0 aliphatic carbocycles. The van der Waals surface area contributed by atoms with Crippen LogP contribution < -0.4 is 5.73 Å². The zero-order chi connectivity index (χ0) is 10.9. The van der Waals surface area contributed by atoms with Crippen LogP contribution in [0.1, 0.15) is 10.5 Å². The standard InChI is InChI=1S/C5H5N3O.C4H4N2/c6-5(9)4-1-2-7-3-8-4;1-2-5-4-6-3-1/h1-3H,(H2,6,9);1-4H. The van der Waals surface area contributed by atoms with Crippen LogP contribution in [0.2, 0.25) is 0 Å². The summed E-state index contributed by atoms with van der Waals surface area (Å²) in [5.74, 6) is -0.530. The van der Waals surface area contributed by atoms with Crippen molar-refractivity contribution < 1.29 is 4.79 Å². The Bertz CT molecular complexity index is 365. The van der Waals surface area contributed by atoms with Crippen molar-refractivity contribution in [2.75, 3.05) is 0 Å². The second-order valence-electron chi connectivity index (χ2n) is 2.36. The molecular weight excluding hydrogens is 194 g/mol. The van der Waals surface area contributed by atoms with Gasteiger partial charge in [-0.1, -0.05) is 0 Å². The Morgan fingerprint density at radius 2 is 1.73 bits per heavy atom. The zero-order valence-corrected chi connectivity index (χ0v) is 7.82. The number of rotatable bonds is 1. The highest BCUT2D eigenvalue weighted by Gasteiger charge is 1.96. The van der Waals surface area contributed by atoms with Gasteiger partial charge in [-0.2, -0.15) is 0 Å². The summed E-state index contributed by atoms with van der Waals surface area (Å²) in [4.78, 5) is 24.9. The molecule has 2 N–H and O–H groups in total. The van der Waals surface area contributed by atoms with E-state index in [2.05, 4.69) is 19.9 Å². The van der Waals surface area contributed by atoms with Gasteiger partial charge in [0.2, 0.25) is 0 Å². The molecule has 76 valence electrons. The van der Waals surface area contributed by atoms with Gasteiger partial charge in [-0.25, -0.2) is 19.9 Å². The fourth-order valence-corrected chi connectivity index (χ4v) is 0.690. The molecule has 15 heavy (non-hydrogen) atoms. The average molecular weight is 203 g/mol. The van der Waals surface area contributed by atoms with Gasteiger partial charge < -0.3 is 5.73 Å². The molecule has 0 bridgehead atoms. The summed E-state index contributed by atoms with van der Waals surface area (Å²) in [5.41, 5.74) is 5.13. The fraction of sp³-hybridized carbons (Fsp3) is 0. The number of nitrogens with zero attached hydrogens (tertiary/aromatic N) is 4. The van der Waals surface area contributed by atoms with E-state index in [0.717, 1.165) is 0 Å². The van der Waals surface area contributed by atoms with Crippen LogP contribution in [0.25, 0.3) is 0 Å². The zero-order valence-electron chi connectivity index (χ0n) is 7.82. The molecule has 0 saturated carbocycles. The monoisotopic (exact) mass is 203 g/mol. The summed E-state index contributed by atoms with van der Waals surface area (Å²) in [6.45, 7) is 0. The first kappa shape index (κ1) is 10.7. The van der Waals surface area contributed by atoms with Crippen LogP contribution in [-0.2, 0) is 0 Å². The molecule has 2 aromatic rings. The van der Waals surface area contributed by atoms with Crippen LogP contribution in [0.4, 0.5) is 0 Å². The maximum atomic E-state index is 10.3. The van der Waals surface area contributed by atoms with Crippen LogP contribution in [0.15, 0.2) is 43.4 Å². The fourth-order valence-electron chi connectivity index (χ4n) is 0.690. The molecule has 1 amide bonds. The van der Waals surface area contributed by atoms with E-state index in [9.17, 15) is 4.79 Å². The van der Waals surface area contributed by atoms with Crippen molar-refractivity contribution in [3.8, 4) is 0 Å². The smallest absolute Gasteiger partial charge is 0.267 e. The van der Waals surface area contributed by atoms with E-state index in [1.54, 1.807) is 18.5 Å². The molecule has 6 heteroatoms. The Kier molecular flexibility index (Phi) is 4.38. The van der Waals surface area contributed by atoms with Crippen LogP contribution >= 0.6 is 0 Å². The predicted octanol–water partition coefficient (Wildman–Crippen LogP) is 0.0521. The Morgan fingerprint density at radius 3 is 2.00 bits per heavy atom. The van der Waals surface area contributed by atoms with Crippen LogP contribution in [0, 0.1) is 0 Å². The second-order valence-corrected chi connectivity index (χ2v) is 2.36. The van der Waals surface area contributed by atoms with E-state index in [1.165, 1.54) is 24.9 Å². The summed E-state index contributed by atoms with van der Waals surface area (Å²) in [6.07, 6.45) is 7.62. The van der Waals surface area contributed by atoms with Crippen molar-refractivity contribution in [1.82, 2.24) is 19.9 Å². The average Bonchev–Trinajstić information content (AvgIpc) is 2.33. The molecule has 2 heterocycles. The molecule has 2 rings (SSSR count). The summed E-state index contributed by atoms with van der Waals surface area (Å²) in [7, 11) is 0. The number of carbonyl (C=O) groups is 1. The molecule has 0 spiro atoms. The quantitative estimate of drug-likeness (QED) is 0.706. The van der Waals surface area contributed by atoms with Gasteiger partial charge in [0.1, 0.15) is 18.3 Å². The van der Waals surface area contributed by atoms with Gasteiger partial charge in [0.15, 0.2) is 0 Å². The lowest BCUT2D eigenvalue weighted by atomic mass is 10.4. The Balaban J connectivity index is 0.000000162. The molecule has 0 aromatic carbocycles. The summed E-state index contributed by atoms with van der Waals surface area (Å²) in [5, 5.41) is 0. The first-order valence-electron chi connectivity index (χ1n) is 4.06. The summed E-state index contributed by atoms with van der Waals surface area (Å²) in [6, 6.07) is 3.24. The van der Waals surface area contributed by atoms with E-state index in [0.29, 0.717) is 0 Å². The maximum absolute atomic E-state index is 10.3. The van der Waals surface area contributed by atoms with Gasteiger partial charge in [-0.05, 0) is 12.1 Å². The van der Waals surface area contributed by atoms with Crippen LogP contribution in [0.5, 0.6) is 0 Å². The van der Waals surface area contributed by atoms with Crippen molar-refractivity contribution in [3.63, 3.8) is 0 Å². The van der Waals surface area contributed by atoms with E-state index in [1.807, 2.05) is 0 Å². The highest BCUT2D eigenvalue weighted by Crippen LogP contribution is 1.85. The maximum Gasteiger partial charge on any atom is 0.267 e. The van der Waals surface area contributed by atoms with Crippen molar-refractivity contribution in [2.24, 2.45) is 5.73 Å². The summed E-state index contributed by atoms with van der Waals surface area (Å²) < 4.78 is 0. The second kappa shape index (κ2) is 6.14. The van der Waals surface area contributed by atoms with Crippen molar-refractivity contribution in [1.29, 1.82) is 0 Å². The van der Waals surface area contributed by atoms with Gasteiger partial charge in [0.25, 0.3) is 5.91 Å². The lowest BCUT2D eigenvalue weighted by Gasteiger charge is -1.87. The number of carbonyl (C=O) groups excluding carboxylic acids is 1. The third kappa shape index (κ3) is 4.41. The molecule has 0 unspecified atom stereocenters. The molecule has 0 radical (unpaired) electrons. The van der Waals surface area contributed by atoms with Gasteiger partial charge in [-0.15, -0.1) is 0 Å². The minimum absolute atomic E-state index is 0.241. The summed E-state index contributed by atoms with van der Waals surface area (Å²) >= 11 is 0. The Morgan fingerprint density at radius 1 is 1.07 bits per heavy atom. The van der Waals surface area contributed by atoms with Crippen LogP contribution in [-0.4, -0.2) is 25.8 Å². The molecule has 0 atom stereocenters. The van der Waals surface area contributed by atoms with Gasteiger partial charge in [0.05, 0.1) is 0 Å². The Labute approximate surface area is 86.2 Å². The molecule has 0 saturated heterocycles. The molecule has 0 aliphatic rings. The number of amides is 1. The molecular formula is C9H9N5O. The van der Waals surface area contributed by atoms with E-state index in [-0.39, 0.29) is 5.69 Å². The van der Waals surface area contributed by atoms with Crippen molar-refractivity contribution in [3.05, 3.63) is 49.1 Å². The highest BCUT2D eigenvalue weighted by molar-refractivity contribution is 5.90. The largest absolute Gasteiger partial charge is 0.364 e. The van der Waals surface area contributed by atoms with Gasteiger partial charge in [0, 0.05) is 18.6 Å². The predicted molar refractivity (Wildman–Crippen MR) is 52.6 cm³/mol. The van der Waals surface area contributed by atoms with Crippen molar-refractivity contribution >= 4 is 5.91 Å². The van der Waals surface area contributed by atoms with Crippen molar-refractivity contribution in [2.45, 2.75) is 0 Å². The third-order valence-electron chi connectivity index (χ3n) is 1.31. The van der Waals surface area contributed by atoms with E-state index < -0.39 is 5.91 Å². The number of nitrogens with two attached hydrogens (primary N) is 1. The van der Waals surface area contributed by atoms with Gasteiger partial charge in [-0.3, -0.25) is 4.79 Å².